The third kappa shape index (κ3) is 3.63. The molecule has 6 heteroatoms. The summed E-state index contributed by atoms with van der Waals surface area (Å²) in [5, 5.41) is 25.5. The first-order chi connectivity index (χ1) is 18.5. The highest BCUT2D eigenvalue weighted by atomic mass is 32.1. The number of fused-ring (bicyclic) bond motifs is 4. The second-order valence-electron chi connectivity index (χ2n) is 9.56. The van der Waals surface area contributed by atoms with Gasteiger partial charge < -0.3 is 0 Å². The fraction of sp³-hybridized carbons (Fsp3) is 0.0625. The van der Waals surface area contributed by atoms with Crippen LogP contribution in [0.3, 0.4) is 0 Å². The summed E-state index contributed by atoms with van der Waals surface area (Å²) in [5.74, 6) is 0. The topological polar surface area (TPSA) is 73.4 Å². The minimum Gasteiger partial charge on any atom is -0.235 e. The summed E-state index contributed by atoms with van der Waals surface area (Å²) >= 11 is 3.40. The lowest BCUT2D eigenvalue weighted by Crippen LogP contribution is -1.85. The number of rotatable bonds is 2. The predicted molar refractivity (Wildman–Crippen MR) is 158 cm³/mol. The highest BCUT2D eigenvalue weighted by Crippen LogP contribution is 2.39. The Kier molecular flexibility index (Phi) is 5.03. The average molecular weight is 523 g/mol. The number of nitrogens with zero attached hydrogens (tertiary/aromatic N) is 4. The molecule has 0 aliphatic rings. The molecule has 7 aromatic rings. The van der Waals surface area contributed by atoms with Crippen molar-refractivity contribution in [2.45, 2.75) is 13.8 Å². The van der Waals surface area contributed by atoms with Crippen LogP contribution >= 0.6 is 22.7 Å². The summed E-state index contributed by atoms with van der Waals surface area (Å²) in [6.45, 7) is 4.31. The zero-order valence-corrected chi connectivity index (χ0v) is 22.2. The van der Waals surface area contributed by atoms with Gasteiger partial charge in [-0.3, -0.25) is 0 Å². The largest absolute Gasteiger partial charge is 0.235 e. The van der Waals surface area contributed by atoms with Crippen molar-refractivity contribution in [1.82, 2.24) is 9.97 Å². The third-order valence-corrected chi connectivity index (χ3v) is 9.19. The van der Waals surface area contributed by atoms with E-state index in [4.69, 9.17) is 0 Å². The maximum atomic E-state index is 9.61. The van der Waals surface area contributed by atoms with Crippen LogP contribution < -0.4 is 0 Å². The zero-order chi connectivity index (χ0) is 26.0. The molecule has 178 valence electrons. The molecule has 0 unspecified atom stereocenters. The first kappa shape index (κ1) is 22.6. The predicted octanol–water partition coefficient (Wildman–Crippen LogP) is 8.91. The van der Waals surface area contributed by atoms with Gasteiger partial charge in [0.1, 0.15) is 6.33 Å². The van der Waals surface area contributed by atoms with Gasteiger partial charge in [0.25, 0.3) is 0 Å². The van der Waals surface area contributed by atoms with Gasteiger partial charge in [-0.25, -0.2) is 9.97 Å². The van der Waals surface area contributed by atoms with Gasteiger partial charge in [-0.1, -0.05) is 17.7 Å². The van der Waals surface area contributed by atoms with Crippen molar-refractivity contribution >= 4 is 64.4 Å². The summed E-state index contributed by atoms with van der Waals surface area (Å²) in [6.07, 6.45) is 1.63. The Hall–Kier alpha value is -4.62. The van der Waals surface area contributed by atoms with Gasteiger partial charge in [-0.05, 0) is 101 Å². The van der Waals surface area contributed by atoms with Crippen molar-refractivity contribution in [2.24, 2.45) is 0 Å². The van der Waals surface area contributed by atoms with E-state index in [1.54, 1.807) is 35.1 Å². The summed E-state index contributed by atoms with van der Waals surface area (Å²) in [7, 11) is 0. The first-order valence-electron chi connectivity index (χ1n) is 12.1. The van der Waals surface area contributed by atoms with Crippen LogP contribution in [-0.2, 0) is 0 Å². The van der Waals surface area contributed by atoms with Crippen LogP contribution in [0.5, 0.6) is 0 Å². The van der Waals surface area contributed by atoms with Gasteiger partial charge in [0.05, 0.1) is 44.4 Å². The van der Waals surface area contributed by atoms with Crippen molar-refractivity contribution in [3.63, 3.8) is 0 Å². The highest BCUT2D eigenvalue weighted by Gasteiger charge is 2.13. The van der Waals surface area contributed by atoms with Crippen LogP contribution in [0.4, 0.5) is 0 Å². The number of aryl methyl sites for hydroxylation is 2. The standard InChI is InChI=1S/C32H18N4S2/c1-17-3-18(2)25-7-22-11-31(37-29(22)9-20(25)4-17)27-13-28(36-16-35-27)32-12-23-8-26-21(10-30(23)38-32)5-19(14-33)6-24(26)15-34/h3-13,16H,1-2H3. The maximum absolute atomic E-state index is 9.61. The fourth-order valence-corrected chi connectivity index (χ4v) is 7.33. The zero-order valence-electron chi connectivity index (χ0n) is 20.5. The summed E-state index contributed by atoms with van der Waals surface area (Å²) in [5.41, 5.74) is 5.35. The molecule has 0 saturated heterocycles. The molecule has 0 aliphatic carbocycles. The Bertz CT molecular complexity index is 2190. The summed E-state index contributed by atoms with van der Waals surface area (Å²) in [6, 6.07) is 27.4. The molecule has 0 aliphatic heterocycles. The molecule has 3 heterocycles. The van der Waals surface area contributed by atoms with E-state index in [1.807, 2.05) is 12.1 Å². The molecule has 7 rings (SSSR count). The van der Waals surface area contributed by atoms with Gasteiger partial charge in [-0.15, -0.1) is 22.7 Å². The molecule has 38 heavy (non-hydrogen) atoms. The quantitative estimate of drug-likeness (QED) is 0.227. The van der Waals surface area contributed by atoms with E-state index in [-0.39, 0.29) is 0 Å². The molecule has 0 saturated carbocycles. The van der Waals surface area contributed by atoms with Crippen LogP contribution in [-0.4, -0.2) is 9.97 Å². The van der Waals surface area contributed by atoms with E-state index in [1.165, 1.54) is 32.0 Å². The Morgan fingerprint density at radius 2 is 1.24 bits per heavy atom. The van der Waals surface area contributed by atoms with Crippen LogP contribution in [0.15, 0.2) is 73.1 Å². The van der Waals surface area contributed by atoms with Gasteiger partial charge in [0, 0.05) is 14.8 Å². The molecule has 0 fully saturated rings. The molecule has 4 nitrogen and oxygen atoms in total. The lowest BCUT2D eigenvalue weighted by Gasteiger charge is -2.04. The average Bonchev–Trinajstić information content (AvgIpc) is 3.53. The van der Waals surface area contributed by atoms with Gasteiger partial charge >= 0.3 is 0 Å². The van der Waals surface area contributed by atoms with E-state index in [0.29, 0.717) is 11.1 Å². The van der Waals surface area contributed by atoms with E-state index in [0.717, 1.165) is 42.0 Å². The molecule has 0 N–H and O–H groups in total. The lowest BCUT2D eigenvalue weighted by atomic mass is 10.0. The van der Waals surface area contributed by atoms with Gasteiger partial charge in [-0.2, -0.15) is 10.5 Å². The van der Waals surface area contributed by atoms with Crippen LogP contribution in [0.25, 0.3) is 62.9 Å². The number of hydrogen-bond acceptors (Lipinski definition) is 6. The Balaban J connectivity index is 1.33. The first-order valence-corrected chi connectivity index (χ1v) is 13.7. The molecule has 3 aromatic heterocycles. The van der Waals surface area contributed by atoms with Crippen molar-refractivity contribution in [3.8, 4) is 33.3 Å². The SMILES string of the molecule is Cc1cc(C)c2cc3cc(-c4cc(-c5cc6cc7c(C#N)cc(C#N)cc7cc6s5)ncn4)sc3cc2c1. The Labute approximate surface area is 226 Å². The second-order valence-corrected chi connectivity index (χ2v) is 11.7. The molecular weight excluding hydrogens is 505 g/mol. The number of nitriles is 2. The Morgan fingerprint density at radius 1 is 0.605 bits per heavy atom. The van der Waals surface area contributed by atoms with Crippen molar-refractivity contribution in [2.75, 3.05) is 0 Å². The van der Waals surface area contributed by atoms with Crippen molar-refractivity contribution in [3.05, 3.63) is 95.3 Å². The minimum atomic E-state index is 0.493. The normalized spacial score (nSPS) is 11.4. The molecule has 0 amide bonds. The summed E-state index contributed by atoms with van der Waals surface area (Å²) in [4.78, 5) is 11.4. The number of hydrogen-bond donors (Lipinski definition) is 0. The van der Waals surface area contributed by atoms with Crippen molar-refractivity contribution < 1.29 is 0 Å². The lowest BCUT2D eigenvalue weighted by molar-refractivity contribution is 1.19. The second kappa shape index (κ2) is 8.46. The number of thiophene rings is 2. The fourth-order valence-electron chi connectivity index (χ4n) is 5.20. The smallest absolute Gasteiger partial charge is 0.116 e. The van der Waals surface area contributed by atoms with E-state index < -0.39 is 0 Å². The van der Waals surface area contributed by atoms with Crippen molar-refractivity contribution in [1.29, 1.82) is 10.5 Å². The third-order valence-electron chi connectivity index (χ3n) is 6.95. The van der Waals surface area contributed by atoms with Crippen LogP contribution in [0, 0.1) is 36.5 Å². The molecule has 4 aromatic carbocycles. The summed E-state index contributed by atoms with van der Waals surface area (Å²) < 4.78 is 2.34. The van der Waals surface area contributed by atoms with E-state index in [2.05, 4.69) is 84.5 Å². The number of benzene rings is 4. The molecule has 0 bridgehead atoms. The maximum Gasteiger partial charge on any atom is 0.116 e. The van der Waals surface area contributed by atoms with Gasteiger partial charge in [0.15, 0.2) is 0 Å². The molecular formula is C32H18N4S2. The van der Waals surface area contributed by atoms with Crippen LogP contribution in [0.2, 0.25) is 0 Å². The molecule has 0 radical (unpaired) electrons. The molecule has 0 spiro atoms. The van der Waals surface area contributed by atoms with E-state index in [9.17, 15) is 10.5 Å². The minimum absolute atomic E-state index is 0.493. The monoisotopic (exact) mass is 522 g/mol. The Morgan fingerprint density at radius 3 is 1.87 bits per heavy atom. The van der Waals surface area contributed by atoms with E-state index >= 15 is 0 Å². The highest BCUT2D eigenvalue weighted by molar-refractivity contribution is 7.22. The van der Waals surface area contributed by atoms with Crippen LogP contribution in [0.1, 0.15) is 22.3 Å². The molecule has 0 atom stereocenters. The van der Waals surface area contributed by atoms with Gasteiger partial charge in [0.2, 0.25) is 0 Å². The number of aromatic nitrogens is 2.